The molecular formula is C23H27NO6. The average molecular weight is 413 g/mol. The molecule has 7 heteroatoms. The van der Waals surface area contributed by atoms with E-state index in [1.807, 2.05) is 30.4 Å². The van der Waals surface area contributed by atoms with Crippen molar-refractivity contribution in [3.05, 3.63) is 72.4 Å². The van der Waals surface area contributed by atoms with Gasteiger partial charge in [-0.1, -0.05) is 42.5 Å². The maximum atomic E-state index is 9.83. The molecule has 0 aromatic heterocycles. The molecule has 0 amide bonds. The van der Waals surface area contributed by atoms with Crippen molar-refractivity contribution in [3.63, 3.8) is 0 Å². The van der Waals surface area contributed by atoms with Gasteiger partial charge in [-0.3, -0.25) is 4.90 Å². The number of aliphatic hydroxyl groups excluding tert-OH is 1. The largest absolute Gasteiger partial charge is 0.508 e. The second-order valence-corrected chi connectivity index (χ2v) is 7.30. The van der Waals surface area contributed by atoms with Crippen molar-refractivity contribution >= 4 is 17.5 Å². The minimum absolute atomic E-state index is 0.157. The van der Waals surface area contributed by atoms with E-state index in [1.54, 1.807) is 6.07 Å². The smallest absolute Gasteiger partial charge is 0.328 e. The van der Waals surface area contributed by atoms with Crippen LogP contribution in [0.25, 0.3) is 5.57 Å². The first-order valence-corrected chi connectivity index (χ1v) is 9.63. The van der Waals surface area contributed by atoms with Crippen LogP contribution in [0.3, 0.4) is 0 Å². The number of allylic oxidation sites excluding steroid dienone is 3. The number of hydrogen-bond donors (Lipinski definition) is 4. The van der Waals surface area contributed by atoms with Gasteiger partial charge < -0.3 is 20.4 Å². The Balaban J connectivity index is 0.000000343. The first kappa shape index (κ1) is 23.1. The summed E-state index contributed by atoms with van der Waals surface area (Å²) in [5.41, 5.74) is 2.18. The van der Waals surface area contributed by atoms with Gasteiger partial charge in [0.15, 0.2) is 0 Å². The molecule has 7 nitrogen and oxygen atoms in total. The molecule has 1 aromatic rings. The molecule has 1 heterocycles. The third-order valence-corrected chi connectivity index (χ3v) is 4.89. The van der Waals surface area contributed by atoms with E-state index in [0.29, 0.717) is 17.9 Å². The molecule has 0 radical (unpaired) electrons. The highest BCUT2D eigenvalue weighted by molar-refractivity contribution is 5.89. The molecule has 1 unspecified atom stereocenters. The van der Waals surface area contributed by atoms with Crippen LogP contribution in [-0.2, 0) is 9.59 Å². The van der Waals surface area contributed by atoms with E-state index in [9.17, 15) is 19.8 Å². The number of rotatable bonds is 6. The van der Waals surface area contributed by atoms with E-state index in [2.05, 4.69) is 23.1 Å². The highest BCUT2D eigenvalue weighted by Gasteiger charge is 2.30. The summed E-state index contributed by atoms with van der Waals surface area (Å²) in [6.45, 7) is 2.92. The maximum absolute atomic E-state index is 9.83. The number of benzene rings is 1. The minimum atomic E-state index is -1.26. The van der Waals surface area contributed by atoms with Crippen molar-refractivity contribution in [2.45, 2.75) is 12.8 Å². The molecule has 1 aromatic carbocycles. The fourth-order valence-electron chi connectivity index (χ4n) is 3.44. The lowest BCUT2D eigenvalue weighted by Crippen LogP contribution is -2.41. The summed E-state index contributed by atoms with van der Waals surface area (Å²) in [7, 11) is 0. The third kappa shape index (κ3) is 7.35. The van der Waals surface area contributed by atoms with Crippen LogP contribution in [0.1, 0.15) is 18.4 Å². The standard InChI is InChI=1S/C19H23NO2.C4H4O4/c21-15-19(9-2-1-3-10-19)14-20-11-5-7-17(13-20)16-6-4-8-18(22)12-16;5-3(6)1-2-4(7)8/h1-4,6-9,12,21-22H,5,10-11,13-15H2;1-2H,(H,5,6)(H,7,8)/b;2-1+. The first-order valence-electron chi connectivity index (χ1n) is 9.63. The van der Waals surface area contributed by atoms with Crippen LogP contribution in [0, 0.1) is 5.41 Å². The SMILES string of the molecule is O=C(O)/C=C/C(=O)O.OCC1(CN2CCC=C(c3cccc(O)c3)C2)C=CC=CC1. The first-order chi connectivity index (χ1) is 14.3. The molecule has 0 saturated heterocycles. The molecular weight excluding hydrogens is 386 g/mol. The van der Waals surface area contributed by atoms with E-state index >= 15 is 0 Å². The van der Waals surface area contributed by atoms with Crippen LogP contribution in [0.4, 0.5) is 0 Å². The normalized spacial score (nSPS) is 21.0. The van der Waals surface area contributed by atoms with Gasteiger partial charge in [-0.25, -0.2) is 9.59 Å². The van der Waals surface area contributed by atoms with E-state index in [-0.39, 0.29) is 12.0 Å². The zero-order valence-corrected chi connectivity index (χ0v) is 16.6. The second-order valence-electron chi connectivity index (χ2n) is 7.30. The van der Waals surface area contributed by atoms with E-state index in [0.717, 1.165) is 38.0 Å². The van der Waals surface area contributed by atoms with Gasteiger partial charge in [-0.15, -0.1) is 0 Å². The lowest BCUT2D eigenvalue weighted by molar-refractivity contribution is -0.134. The third-order valence-electron chi connectivity index (χ3n) is 4.89. The topological polar surface area (TPSA) is 118 Å². The summed E-state index contributed by atoms with van der Waals surface area (Å²) in [5.74, 6) is -2.21. The number of nitrogens with zero attached hydrogens (tertiary/aromatic N) is 1. The fraction of sp³-hybridized carbons (Fsp3) is 0.304. The van der Waals surface area contributed by atoms with Crippen molar-refractivity contribution < 1.29 is 30.0 Å². The highest BCUT2D eigenvalue weighted by atomic mass is 16.4. The summed E-state index contributed by atoms with van der Waals surface area (Å²) < 4.78 is 0. The number of hydrogen-bond acceptors (Lipinski definition) is 5. The Bertz CT molecular complexity index is 854. The molecule has 4 N–H and O–H groups in total. The quantitative estimate of drug-likeness (QED) is 0.530. The summed E-state index contributed by atoms with van der Waals surface area (Å²) in [4.78, 5) is 21.5. The molecule has 1 aliphatic carbocycles. The molecule has 2 aliphatic rings. The van der Waals surface area contributed by atoms with Gasteiger partial charge in [0.1, 0.15) is 5.75 Å². The number of carboxylic acid groups (broad SMARTS) is 2. The van der Waals surface area contributed by atoms with Gasteiger partial charge in [0.25, 0.3) is 0 Å². The summed E-state index contributed by atoms with van der Waals surface area (Å²) in [6, 6.07) is 7.44. The second kappa shape index (κ2) is 11.1. The molecule has 0 bridgehead atoms. The predicted molar refractivity (Wildman–Crippen MR) is 114 cm³/mol. The van der Waals surface area contributed by atoms with Crippen LogP contribution < -0.4 is 0 Å². The average Bonchev–Trinajstić information content (AvgIpc) is 2.73. The number of phenolic OH excluding ortho intramolecular Hbond substituents is 1. The van der Waals surface area contributed by atoms with E-state index in [4.69, 9.17) is 10.2 Å². The molecule has 1 atom stereocenters. The Morgan fingerprint density at radius 1 is 1.13 bits per heavy atom. The Morgan fingerprint density at radius 3 is 2.43 bits per heavy atom. The zero-order valence-electron chi connectivity index (χ0n) is 16.6. The van der Waals surface area contributed by atoms with Crippen LogP contribution in [-0.4, -0.2) is 63.5 Å². The molecule has 1 aliphatic heterocycles. The number of aromatic hydroxyl groups is 1. The Hall–Kier alpha value is -3.16. The van der Waals surface area contributed by atoms with Crippen molar-refractivity contribution in [1.29, 1.82) is 0 Å². The van der Waals surface area contributed by atoms with Crippen LogP contribution in [0.2, 0.25) is 0 Å². The van der Waals surface area contributed by atoms with E-state index < -0.39 is 11.9 Å². The lowest BCUT2D eigenvalue weighted by atomic mass is 9.81. The Kier molecular flexibility index (Phi) is 8.58. The summed E-state index contributed by atoms with van der Waals surface area (Å²) in [5, 5.41) is 35.1. The van der Waals surface area contributed by atoms with Gasteiger partial charge >= 0.3 is 11.9 Å². The van der Waals surface area contributed by atoms with Gasteiger partial charge in [0, 0.05) is 37.2 Å². The number of carbonyl (C=O) groups is 2. The van der Waals surface area contributed by atoms with Gasteiger partial charge in [0.05, 0.1) is 6.61 Å². The molecule has 0 fully saturated rings. The van der Waals surface area contributed by atoms with Crippen LogP contribution in [0.15, 0.2) is 66.8 Å². The van der Waals surface area contributed by atoms with E-state index in [1.165, 1.54) is 5.57 Å². The summed E-state index contributed by atoms with van der Waals surface area (Å²) >= 11 is 0. The lowest BCUT2D eigenvalue weighted by Gasteiger charge is -2.37. The molecule has 3 rings (SSSR count). The molecule has 0 saturated carbocycles. The van der Waals surface area contributed by atoms with Crippen molar-refractivity contribution in [1.82, 2.24) is 4.90 Å². The van der Waals surface area contributed by atoms with Crippen molar-refractivity contribution in [2.24, 2.45) is 5.41 Å². The van der Waals surface area contributed by atoms with Gasteiger partial charge in [-0.2, -0.15) is 0 Å². The summed E-state index contributed by atoms with van der Waals surface area (Å²) in [6.07, 6.45) is 13.6. The highest BCUT2D eigenvalue weighted by Crippen LogP contribution is 2.31. The van der Waals surface area contributed by atoms with Crippen molar-refractivity contribution in [3.8, 4) is 5.75 Å². The number of phenols is 1. The van der Waals surface area contributed by atoms with Gasteiger partial charge in [-0.05, 0) is 36.1 Å². The number of aliphatic hydroxyl groups is 1. The molecule has 160 valence electrons. The minimum Gasteiger partial charge on any atom is -0.508 e. The van der Waals surface area contributed by atoms with Crippen LogP contribution in [0.5, 0.6) is 5.75 Å². The Labute approximate surface area is 175 Å². The zero-order chi connectivity index (χ0) is 22.0. The molecule has 30 heavy (non-hydrogen) atoms. The van der Waals surface area contributed by atoms with Crippen LogP contribution >= 0.6 is 0 Å². The Morgan fingerprint density at radius 2 is 1.87 bits per heavy atom. The molecule has 0 spiro atoms. The fourth-order valence-corrected chi connectivity index (χ4v) is 3.44. The maximum Gasteiger partial charge on any atom is 0.328 e. The number of carboxylic acids is 2. The van der Waals surface area contributed by atoms with Gasteiger partial charge in [0.2, 0.25) is 0 Å². The monoisotopic (exact) mass is 413 g/mol. The number of aliphatic carboxylic acids is 2. The predicted octanol–water partition coefficient (Wildman–Crippen LogP) is 2.69. The van der Waals surface area contributed by atoms with Crippen molar-refractivity contribution in [2.75, 3.05) is 26.2 Å².